The number of hydrogen-bond donors (Lipinski definition) is 1. The van der Waals surface area contributed by atoms with Crippen LogP contribution in [-0.2, 0) is 4.79 Å². The molecule has 1 atom stereocenters. The number of carbonyl (C=O) groups is 1. The lowest BCUT2D eigenvalue weighted by Crippen LogP contribution is -2.36. The summed E-state index contributed by atoms with van der Waals surface area (Å²) < 4.78 is 0. The number of likely N-dealkylation sites (tertiary alicyclic amines) is 1. The van der Waals surface area contributed by atoms with Crippen molar-refractivity contribution in [3.8, 4) is 0 Å². The Morgan fingerprint density at radius 1 is 1.46 bits per heavy atom. The summed E-state index contributed by atoms with van der Waals surface area (Å²) in [6.45, 7) is 3.36. The van der Waals surface area contributed by atoms with Crippen LogP contribution < -0.4 is 0 Å². The van der Waals surface area contributed by atoms with Crippen molar-refractivity contribution >= 4 is 6.29 Å². The van der Waals surface area contributed by atoms with E-state index in [1.807, 2.05) is 0 Å². The molecule has 1 saturated heterocycles. The lowest BCUT2D eigenvalue weighted by atomic mass is 9.99. The number of unbranched alkanes of at least 4 members (excludes halogenated alkanes) is 1. The van der Waals surface area contributed by atoms with E-state index in [1.54, 1.807) is 0 Å². The summed E-state index contributed by atoms with van der Waals surface area (Å²) in [6, 6.07) is 0. The molecule has 13 heavy (non-hydrogen) atoms. The second kappa shape index (κ2) is 6.11. The van der Waals surface area contributed by atoms with Crippen molar-refractivity contribution in [2.75, 3.05) is 26.2 Å². The van der Waals surface area contributed by atoms with Crippen LogP contribution in [0.5, 0.6) is 0 Å². The highest BCUT2D eigenvalue weighted by molar-refractivity contribution is 5.53. The first-order valence-corrected chi connectivity index (χ1v) is 5.15. The predicted molar refractivity (Wildman–Crippen MR) is 51.5 cm³/mol. The van der Waals surface area contributed by atoms with Gasteiger partial charge in [-0.25, -0.2) is 0 Å². The van der Waals surface area contributed by atoms with E-state index in [1.165, 1.54) is 0 Å². The van der Waals surface area contributed by atoms with Crippen molar-refractivity contribution in [2.45, 2.75) is 25.7 Å². The molecule has 0 aliphatic carbocycles. The van der Waals surface area contributed by atoms with Crippen molar-refractivity contribution in [3.05, 3.63) is 0 Å². The molecule has 0 aromatic rings. The third-order valence-corrected chi connectivity index (χ3v) is 2.62. The van der Waals surface area contributed by atoms with Crippen LogP contribution in [0.3, 0.4) is 0 Å². The van der Waals surface area contributed by atoms with Gasteiger partial charge in [0.2, 0.25) is 0 Å². The Hall–Kier alpha value is -0.410. The minimum absolute atomic E-state index is 0.253. The highest BCUT2D eigenvalue weighted by Crippen LogP contribution is 2.14. The smallest absolute Gasteiger partial charge is 0.124 e. The minimum atomic E-state index is 0.253. The first kappa shape index (κ1) is 10.7. The molecule has 1 N–H and O–H groups in total. The van der Waals surface area contributed by atoms with Crippen LogP contribution in [0.2, 0.25) is 0 Å². The maximum atomic E-state index is 10.6. The van der Waals surface area contributed by atoms with Crippen LogP contribution in [0, 0.1) is 5.92 Å². The molecule has 0 radical (unpaired) electrons. The summed E-state index contributed by atoms with van der Waals surface area (Å²) in [7, 11) is 0. The van der Waals surface area contributed by atoms with Crippen LogP contribution in [0.15, 0.2) is 0 Å². The molecule has 1 fully saturated rings. The molecule has 0 amide bonds. The summed E-state index contributed by atoms with van der Waals surface area (Å²) >= 11 is 0. The molecule has 1 aliphatic rings. The van der Waals surface area contributed by atoms with Gasteiger partial charge in [-0.15, -0.1) is 0 Å². The molecule has 1 unspecified atom stereocenters. The molecule has 3 nitrogen and oxygen atoms in total. The monoisotopic (exact) mass is 185 g/mol. The summed E-state index contributed by atoms with van der Waals surface area (Å²) in [5.41, 5.74) is 0. The van der Waals surface area contributed by atoms with Gasteiger partial charge in [0.05, 0.1) is 0 Å². The van der Waals surface area contributed by atoms with Crippen molar-refractivity contribution in [2.24, 2.45) is 5.92 Å². The zero-order valence-electron chi connectivity index (χ0n) is 8.11. The molecule has 3 heteroatoms. The van der Waals surface area contributed by atoms with Gasteiger partial charge in [0.25, 0.3) is 0 Å². The average Bonchev–Trinajstić information content (AvgIpc) is 2.19. The number of rotatable bonds is 5. The van der Waals surface area contributed by atoms with Crippen molar-refractivity contribution in [3.63, 3.8) is 0 Å². The van der Waals surface area contributed by atoms with Crippen LogP contribution in [0.25, 0.3) is 0 Å². The van der Waals surface area contributed by atoms with Gasteiger partial charge in [0.1, 0.15) is 6.29 Å². The van der Waals surface area contributed by atoms with E-state index in [0.717, 1.165) is 51.6 Å². The molecular weight excluding hydrogens is 166 g/mol. The highest BCUT2D eigenvalue weighted by atomic mass is 16.2. The van der Waals surface area contributed by atoms with E-state index < -0.39 is 0 Å². The number of aliphatic hydroxyl groups excluding tert-OH is 1. The second-order valence-corrected chi connectivity index (χ2v) is 3.77. The fourth-order valence-electron chi connectivity index (χ4n) is 1.85. The number of aliphatic hydroxyl groups is 1. The molecule has 76 valence electrons. The van der Waals surface area contributed by atoms with E-state index in [-0.39, 0.29) is 12.5 Å². The minimum Gasteiger partial charge on any atom is -0.396 e. The number of hydrogen-bond acceptors (Lipinski definition) is 3. The zero-order valence-corrected chi connectivity index (χ0v) is 8.11. The lowest BCUT2D eigenvalue weighted by molar-refractivity contribution is -0.112. The molecule has 0 saturated carbocycles. The van der Waals surface area contributed by atoms with E-state index in [9.17, 15) is 4.79 Å². The Kier molecular flexibility index (Phi) is 5.01. The van der Waals surface area contributed by atoms with Gasteiger partial charge < -0.3 is 14.8 Å². The number of piperidine rings is 1. The summed E-state index contributed by atoms with van der Waals surface area (Å²) in [5.74, 6) is 0.253. The normalized spacial score (nSPS) is 24.5. The zero-order chi connectivity index (χ0) is 9.52. The van der Waals surface area contributed by atoms with Gasteiger partial charge in [0.15, 0.2) is 0 Å². The van der Waals surface area contributed by atoms with Gasteiger partial charge in [-0.3, -0.25) is 0 Å². The van der Waals surface area contributed by atoms with Gasteiger partial charge in [-0.05, 0) is 38.8 Å². The third-order valence-electron chi connectivity index (χ3n) is 2.62. The van der Waals surface area contributed by atoms with E-state index in [4.69, 9.17) is 5.11 Å². The summed E-state index contributed by atoms with van der Waals surface area (Å²) in [5, 5.41) is 8.62. The second-order valence-electron chi connectivity index (χ2n) is 3.77. The highest BCUT2D eigenvalue weighted by Gasteiger charge is 2.18. The first-order valence-electron chi connectivity index (χ1n) is 5.15. The van der Waals surface area contributed by atoms with Crippen LogP contribution in [-0.4, -0.2) is 42.5 Å². The number of nitrogens with zero attached hydrogens (tertiary/aromatic N) is 1. The van der Waals surface area contributed by atoms with E-state index >= 15 is 0 Å². The first-order chi connectivity index (χ1) is 6.36. The summed E-state index contributed by atoms with van der Waals surface area (Å²) in [6.07, 6.45) is 5.20. The Balaban J connectivity index is 2.14. The van der Waals surface area contributed by atoms with Gasteiger partial charge in [-0.1, -0.05) is 0 Å². The molecule has 1 rings (SSSR count). The molecule has 0 aromatic heterocycles. The molecular formula is C10H19NO2. The lowest BCUT2D eigenvalue weighted by Gasteiger charge is -2.29. The van der Waals surface area contributed by atoms with E-state index in [2.05, 4.69) is 4.90 Å². The molecule has 0 bridgehead atoms. The topological polar surface area (TPSA) is 40.5 Å². The molecule has 1 heterocycles. The molecule has 0 aromatic carbocycles. The van der Waals surface area contributed by atoms with Crippen LogP contribution in [0.1, 0.15) is 25.7 Å². The number of carbonyl (C=O) groups excluding carboxylic acids is 1. The SMILES string of the molecule is O=CC1CCCN(CCCCO)C1. The average molecular weight is 185 g/mol. The number of aldehydes is 1. The fourth-order valence-corrected chi connectivity index (χ4v) is 1.85. The van der Waals surface area contributed by atoms with Gasteiger partial charge in [0, 0.05) is 19.1 Å². The van der Waals surface area contributed by atoms with Crippen LogP contribution >= 0.6 is 0 Å². The molecule has 1 aliphatic heterocycles. The largest absolute Gasteiger partial charge is 0.396 e. The third kappa shape index (κ3) is 3.87. The van der Waals surface area contributed by atoms with Crippen LogP contribution in [0.4, 0.5) is 0 Å². The Bertz CT molecular complexity index is 150. The quantitative estimate of drug-likeness (QED) is 0.505. The predicted octanol–water partition coefficient (Wildman–Crippen LogP) is 0.670. The maximum Gasteiger partial charge on any atom is 0.124 e. The van der Waals surface area contributed by atoms with E-state index in [0.29, 0.717) is 0 Å². The van der Waals surface area contributed by atoms with Crippen molar-refractivity contribution in [1.29, 1.82) is 0 Å². The van der Waals surface area contributed by atoms with Gasteiger partial charge >= 0.3 is 0 Å². The standard InChI is InChI=1S/C10H19NO2/c12-7-2-1-5-11-6-3-4-10(8-11)9-13/h9-10,12H,1-8H2. The summed E-state index contributed by atoms with van der Waals surface area (Å²) in [4.78, 5) is 12.9. The Morgan fingerprint density at radius 2 is 2.31 bits per heavy atom. The van der Waals surface area contributed by atoms with Crippen molar-refractivity contribution < 1.29 is 9.90 Å². The Morgan fingerprint density at radius 3 is 3.00 bits per heavy atom. The van der Waals surface area contributed by atoms with Crippen molar-refractivity contribution in [1.82, 2.24) is 4.90 Å². The van der Waals surface area contributed by atoms with Gasteiger partial charge in [-0.2, -0.15) is 0 Å². The molecule has 0 spiro atoms. The fraction of sp³-hybridized carbons (Fsp3) is 0.900. The Labute approximate surface area is 79.7 Å². The maximum absolute atomic E-state index is 10.6.